The first-order chi connectivity index (χ1) is 9.67. The average Bonchev–Trinajstić information content (AvgIpc) is 2.85. The van der Waals surface area contributed by atoms with Gasteiger partial charge < -0.3 is 14.8 Å². The Kier molecular flexibility index (Phi) is 5.27. The average molecular weight is 277 g/mol. The zero-order chi connectivity index (χ0) is 14.4. The van der Waals surface area contributed by atoms with E-state index in [4.69, 9.17) is 9.47 Å². The van der Waals surface area contributed by atoms with E-state index in [1.54, 1.807) is 7.11 Å². The van der Waals surface area contributed by atoms with Gasteiger partial charge in [0.2, 0.25) is 5.91 Å². The Labute approximate surface area is 120 Å². The van der Waals surface area contributed by atoms with Crippen LogP contribution in [0.4, 0.5) is 0 Å². The highest BCUT2D eigenvalue weighted by atomic mass is 16.5. The number of hydrogen-bond donors (Lipinski definition) is 1. The predicted octanol–water partition coefficient (Wildman–Crippen LogP) is 2.77. The number of benzene rings is 1. The van der Waals surface area contributed by atoms with E-state index in [0.29, 0.717) is 19.1 Å². The van der Waals surface area contributed by atoms with Gasteiger partial charge in [-0.2, -0.15) is 0 Å². The second kappa shape index (κ2) is 7.17. The largest absolute Gasteiger partial charge is 0.497 e. The fourth-order valence-corrected chi connectivity index (χ4v) is 2.57. The third-order valence-corrected chi connectivity index (χ3v) is 3.72. The van der Waals surface area contributed by atoms with Crippen LogP contribution >= 0.6 is 0 Å². The fraction of sp³-hybridized carbons (Fsp3) is 0.562. The lowest BCUT2D eigenvalue weighted by Crippen LogP contribution is -2.33. The van der Waals surface area contributed by atoms with Gasteiger partial charge in [0.25, 0.3) is 0 Å². The Balaban J connectivity index is 1.65. The molecule has 20 heavy (non-hydrogen) atoms. The highest BCUT2D eigenvalue weighted by molar-refractivity contribution is 5.76. The van der Waals surface area contributed by atoms with E-state index in [-0.39, 0.29) is 5.91 Å². The second-order valence-corrected chi connectivity index (χ2v) is 5.46. The summed E-state index contributed by atoms with van der Waals surface area (Å²) in [5, 5.41) is 3.07. The molecule has 0 bridgehead atoms. The van der Waals surface area contributed by atoms with Crippen molar-refractivity contribution in [3.05, 3.63) is 24.3 Å². The molecule has 0 saturated heterocycles. The minimum Gasteiger partial charge on any atom is -0.497 e. The Morgan fingerprint density at radius 3 is 2.55 bits per heavy atom. The van der Waals surface area contributed by atoms with Crippen molar-refractivity contribution in [2.45, 2.75) is 38.6 Å². The highest BCUT2D eigenvalue weighted by Gasteiger charge is 2.22. The summed E-state index contributed by atoms with van der Waals surface area (Å²) < 4.78 is 10.6. The Bertz CT molecular complexity index is 430. The second-order valence-electron chi connectivity index (χ2n) is 5.46. The fourth-order valence-electron chi connectivity index (χ4n) is 2.57. The molecule has 0 spiro atoms. The SMILES string of the molecule is COc1ccc(OCCC(=O)NC2CCC(C)C2)cc1. The third-order valence-electron chi connectivity index (χ3n) is 3.72. The van der Waals surface area contributed by atoms with Crippen LogP contribution in [0.5, 0.6) is 11.5 Å². The molecule has 4 heteroatoms. The number of methoxy groups -OCH3 is 1. The lowest BCUT2D eigenvalue weighted by molar-refractivity contribution is -0.122. The molecular weight excluding hydrogens is 254 g/mol. The Morgan fingerprint density at radius 2 is 1.95 bits per heavy atom. The number of amides is 1. The van der Waals surface area contributed by atoms with Crippen molar-refractivity contribution in [2.75, 3.05) is 13.7 Å². The molecule has 0 aliphatic heterocycles. The van der Waals surface area contributed by atoms with E-state index >= 15 is 0 Å². The number of hydrogen-bond acceptors (Lipinski definition) is 3. The normalized spacial score (nSPS) is 21.5. The summed E-state index contributed by atoms with van der Waals surface area (Å²) in [6, 6.07) is 7.73. The molecule has 110 valence electrons. The number of carbonyl (C=O) groups excluding carboxylic acids is 1. The standard InChI is InChI=1S/C16H23NO3/c1-12-3-4-13(11-12)17-16(18)9-10-20-15-7-5-14(19-2)6-8-15/h5-8,12-13H,3-4,9-11H2,1-2H3,(H,17,18). The van der Waals surface area contributed by atoms with Gasteiger partial charge in [-0.05, 0) is 49.4 Å². The van der Waals surface area contributed by atoms with Gasteiger partial charge in [-0.15, -0.1) is 0 Å². The topological polar surface area (TPSA) is 47.6 Å². The van der Waals surface area contributed by atoms with Crippen molar-refractivity contribution in [3.63, 3.8) is 0 Å². The van der Waals surface area contributed by atoms with Crippen LogP contribution in [0.3, 0.4) is 0 Å². The van der Waals surface area contributed by atoms with Crippen LogP contribution in [0.1, 0.15) is 32.6 Å². The van der Waals surface area contributed by atoms with Gasteiger partial charge in [-0.3, -0.25) is 4.79 Å². The monoisotopic (exact) mass is 277 g/mol. The van der Waals surface area contributed by atoms with Gasteiger partial charge in [-0.1, -0.05) is 6.92 Å². The van der Waals surface area contributed by atoms with Crippen LogP contribution in [-0.4, -0.2) is 25.7 Å². The summed E-state index contributed by atoms with van der Waals surface area (Å²) in [6.45, 7) is 2.64. The molecule has 1 aromatic carbocycles. The predicted molar refractivity (Wildman–Crippen MR) is 78.1 cm³/mol. The lowest BCUT2D eigenvalue weighted by Gasteiger charge is -2.12. The van der Waals surface area contributed by atoms with Crippen molar-refractivity contribution in [3.8, 4) is 11.5 Å². The van der Waals surface area contributed by atoms with Crippen LogP contribution in [0.2, 0.25) is 0 Å². The van der Waals surface area contributed by atoms with E-state index in [0.717, 1.165) is 30.3 Å². The van der Waals surface area contributed by atoms with Crippen LogP contribution in [0.15, 0.2) is 24.3 Å². The van der Waals surface area contributed by atoms with E-state index in [1.807, 2.05) is 24.3 Å². The van der Waals surface area contributed by atoms with E-state index in [2.05, 4.69) is 12.2 Å². The van der Waals surface area contributed by atoms with Gasteiger partial charge in [0.05, 0.1) is 20.1 Å². The van der Waals surface area contributed by atoms with E-state index < -0.39 is 0 Å². The first-order valence-electron chi connectivity index (χ1n) is 7.23. The zero-order valence-electron chi connectivity index (χ0n) is 12.2. The molecule has 0 radical (unpaired) electrons. The number of ether oxygens (including phenoxy) is 2. The van der Waals surface area contributed by atoms with Crippen LogP contribution in [0, 0.1) is 5.92 Å². The van der Waals surface area contributed by atoms with E-state index in [9.17, 15) is 4.79 Å². The summed E-state index contributed by atoms with van der Waals surface area (Å²) >= 11 is 0. The van der Waals surface area contributed by atoms with Crippen molar-refractivity contribution in [1.82, 2.24) is 5.32 Å². The van der Waals surface area contributed by atoms with Crippen molar-refractivity contribution in [2.24, 2.45) is 5.92 Å². The molecular formula is C16H23NO3. The molecule has 1 aliphatic carbocycles. The minimum absolute atomic E-state index is 0.0811. The van der Waals surface area contributed by atoms with Crippen molar-refractivity contribution < 1.29 is 14.3 Å². The van der Waals surface area contributed by atoms with Crippen molar-refractivity contribution >= 4 is 5.91 Å². The van der Waals surface area contributed by atoms with Gasteiger partial charge in [0.1, 0.15) is 11.5 Å². The molecule has 1 amide bonds. The molecule has 2 unspecified atom stereocenters. The minimum atomic E-state index is 0.0811. The highest BCUT2D eigenvalue weighted by Crippen LogP contribution is 2.24. The Morgan fingerprint density at radius 1 is 1.25 bits per heavy atom. The zero-order valence-corrected chi connectivity index (χ0v) is 12.2. The van der Waals surface area contributed by atoms with Crippen LogP contribution in [0.25, 0.3) is 0 Å². The van der Waals surface area contributed by atoms with Gasteiger partial charge in [0, 0.05) is 6.04 Å². The maximum Gasteiger partial charge on any atom is 0.223 e. The summed E-state index contributed by atoms with van der Waals surface area (Å²) in [4.78, 5) is 11.8. The van der Waals surface area contributed by atoms with Crippen LogP contribution in [-0.2, 0) is 4.79 Å². The molecule has 1 aromatic rings. The Hall–Kier alpha value is -1.71. The van der Waals surface area contributed by atoms with Crippen LogP contribution < -0.4 is 14.8 Å². The molecule has 0 heterocycles. The summed E-state index contributed by atoms with van der Waals surface area (Å²) in [5.74, 6) is 2.37. The molecule has 2 atom stereocenters. The molecule has 2 rings (SSSR count). The van der Waals surface area contributed by atoms with E-state index in [1.165, 1.54) is 6.42 Å². The summed E-state index contributed by atoms with van der Waals surface area (Å²) in [6.07, 6.45) is 3.82. The molecule has 1 saturated carbocycles. The number of carbonyl (C=O) groups is 1. The van der Waals surface area contributed by atoms with Gasteiger partial charge >= 0.3 is 0 Å². The maximum absolute atomic E-state index is 11.8. The lowest BCUT2D eigenvalue weighted by atomic mass is 10.1. The third kappa shape index (κ3) is 4.44. The maximum atomic E-state index is 11.8. The van der Waals surface area contributed by atoms with Gasteiger partial charge in [0.15, 0.2) is 0 Å². The summed E-state index contributed by atoms with van der Waals surface area (Å²) in [7, 11) is 1.63. The summed E-state index contributed by atoms with van der Waals surface area (Å²) in [5.41, 5.74) is 0. The first-order valence-corrected chi connectivity index (χ1v) is 7.23. The molecule has 1 N–H and O–H groups in total. The van der Waals surface area contributed by atoms with Gasteiger partial charge in [-0.25, -0.2) is 0 Å². The quantitative estimate of drug-likeness (QED) is 0.869. The van der Waals surface area contributed by atoms with Crippen molar-refractivity contribution in [1.29, 1.82) is 0 Å². The molecule has 1 fully saturated rings. The first kappa shape index (κ1) is 14.7. The molecule has 1 aliphatic rings. The molecule has 0 aromatic heterocycles. The number of rotatable bonds is 6. The number of nitrogens with one attached hydrogen (secondary N) is 1. The smallest absolute Gasteiger partial charge is 0.223 e. The molecule has 4 nitrogen and oxygen atoms in total.